The standard InChI is InChI=1S/C20H21BrN5O13P3/c21-11-4-5-12-10(6-11)2-1-3-13(12)37-41(31,32)39-42(33,34)38-40(29,30)35-7-14-16(27)17(28)20(36-14)26-9-25-15-18(22)23-8-24-19(15)26/h1-6,8-9,14,16-17,20,27-28H,7H2,(H,29,30)(H,31,32)(H,33,34)(H2,22,23,24)/t14-,16-,17-,20-/m1/s1. The van der Waals surface area contributed by atoms with E-state index in [0.717, 1.165) is 6.33 Å². The van der Waals surface area contributed by atoms with Crippen molar-refractivity contribution in [2.75, 3.05) is 12.3 Å². The number of phosphoric ester groups is 2. The van der Waals surface area contributed by atoms with Crippen LogP contribution in [-0.2, 0) is 31.6 Å². The zero-order valence-corrected chi connectivity index (χ0v) is 25.0. The molecular formula is C20H21BrN5O13P3. The number of imidazole rings is 1. The van der Waals surface area contributed by atoms with Gasteiger partial charge in [-0.2, -0.15) is 8.62 Å². The van der Waals surface area contributed by atoms with Gasteiger partial charge in [-0.15, -0.1) is 0 Å². The number of rotatable bonds is 10. The number of ether oxygens (including phenoxy) is 1. The molecule has 42 heavy (non-hydrogen) atoms. The molecule has 0 amide bonds. The van der Waals surface area contributed by atoms with E-state index in [-0.39, 0.29) is 22.7 Å². The summed E-state index contributed by atoms with van der Waals surface area (Å²) in [6, 6.07) is 9.27. The van der Waals surface area contributed by atoms with Crippen molar-refractivity contribution in [1.29, 1.82) is 0 Å². The van der Waals surface area contributed by atoms with E-state index in [1.807, 2.05) is 0 Å². The van der Waals surface area contributed by atoms with Gasteiger partial charge in [0.15, 0.2) is 17.7 Å². The summed E-state index contributed by atoms with van der Waals surface area (Å²) in [6.07, 6.45) is -3.71. The molecule has 0 radical (unpaired) electrons. The highest BCUT2D eigenvalue weighted by molar-refractivity contribution is 9.10. The van der Waals surface area contributed by atoms with E-state index >= 15 is 0 Å². The second-order valence-corrected chi connectivity index (χ2v) is 14.2. The summed E-state index contributed by atoms with van der Waals surface area (Å²) >= 11 is 3.28. The fraction of sp³-hybridized carbons (Fsp3) is 0.250. The van der Waals surface area contributed by atoms with Crippen molar-refractivity contribution in [1.82, 2.24) is 19.5 Å². The van der Waals surface area contributed by atoms with Gasteiger partial charge in [-0.1, -0.05) is 28.1 Å². The van der Waals surface area contributed by atoms with Gasteiger partial charge in [0.1, 0.15) is 35.9 Å². The molecule has 0 aliphatic carbocycles. The maximum absolute atomic E-state index is 12.5. The van der Waals surface area contributed by atoms with Crippen LogP contribution in [0.5, 0.6) is 5.75 Å². The van der Waals surface area contributed by atoms with E-state index in [2.05, 4.69) is 44.0 Å². The number of nitrogen functional groups attached to an aromatic ring is 1. The van der Waals surface area contributed by atoms with E-state index in [9.17, 15) is 38.6 Å². The molecular weight excluding hydrogens is 691 g/mol. The number of nitrogens with two attached hydrogens (primary N) is 1. The second kappa shape index (κ2) is 11.6. The minimum absolute atomic E-state index is 0.0453. The molecule has 3 heterocycles. The topological polar surface area (TPSA) is 268 Å². The Hall–Kier alpha value is -2.34. The number of aliphatic hydroxyl groups excluding tert-OH is 2. The molecule has 2 aromatic heterocycles. The van der Waals surface area contributed by atoms with Gasteiger partial charge < -0.3 is 35.0 Å². The normalized spacial score (nSPS) is 25.2. The van der Waals surface area contributed by atoms with Gasteiger partial charge >= 0.3 is 23.5 Å². The van der Waals surface area contributed by atoms with Gasteiger partial charge in [0.25, 0.3) is 0 Å². The number of phosphoric acid groups is 3. The van der Waals surface area contributed by atoms with Gasteiger partial charge in [0.05, 0.1) is 12.9 Å². The fourth-order valence-electron chi connectivity index (χ4n) is 4.07. The molecule has 1 aliphatic rings. The first kappa shape index (κ1) is 31.1. The number of fused-ring (bicyclic) bond motifs is 2. The molecule has 22 heteroatoms. The number of nitrogens with zero attached hydrogens (tertiary/aromatic N) is 4. The average Bonchev–Trinajstić information content (AvgIpc) is 3.43. The maximum Gasteiger partial charge on any atom is 0.536 e. The number of hydrogen-bond donors (Lipinski definition) is 6. The van der Waals surface area contributed by atoms with Gasteiger partial charge in [-0.05, 0) is 29.7 Å². The van der Waals surface area contributed by atoms with E-state index in [1.54, 1.807) is 24.3 Å². The number of benzene rings is 2. The minimum Gasteiger partial charge on any atom is -0.403 e. The van der Waals surface area contributed by atoms with Crippen LogP contribution in [0.25, 0.3) is 21.9 Å². The Morgan fingerprint density at radius 2 is 1.71 bits per heavy atom. The van der Waals surface area contributed by atoms with Crippen molar-refractivity contribution in [2.45, 2.75) is 24.5 Å². The van der Waals surface area contributed by atoms with Crippen LogP contribution in [0.15, 0.2) is 53.5 Å². The maximum atomic E-state index is 12.5. The van der Waals surface area contributed by atoms with Crippen molar-refractivity contribution in [3.05, 3.63) is 53.5 Å². The third-order valence-corrected chi connectivity index (χ3v) is 10.5. The summed E-state index contributed by atoms with van der Waals surface area (Å²) in [5.41, 5.74) is 6.08. The zero-order chi connectivity index (χ0) is 30.4. The Kier molecular flexibility index (Phi) is 8.61. The SMILES string of the molecule is Nc1ncnc2c1ncn2[C@@H]1O[C@H](COP(=O)(O)OP(=O)(O)OP(=O)(O)Oc2cccc3cc(Br)ccc23)[C@@H](O)[C@H]1O. The van der Waals surface area contributed by atoms with Crippen molar-refractivity contribution >= 4 is 67.2 Å². The Bertz CT molecular complexity index is 1790. The largest absolute Gasteiger partial charge is 0.536 e. The quantitative estimate of drug-likeness (QED) is 0.129. The summed E-state index contributed by atoms with van der Waals surface area (Å²) in [4.78, 5) is 41.8. The molecule has 1 aliphatic heterocycles. The van der Waals surface area contributed by atoms with Crippen LogP contribution >= 0.6 is 39.4 Å². The van der Waals surface area contributed by atoms with Gasteiger partial charge in [0, 0.05) is 9.86 Å². The second-order valence-electron chi connectivity index (χ2n) is 8.71. The van der Waals surface area contributed by atoms with Gasteiger partial charge in [-0.3, -0.25) is 14.0 Å². The molecule has 7 atom stereocenters. The van der Waals surface area contributed by atoms with Crippen molar-refractivity contribution in [2.24, 2.45) is 0 Å². The number of halogens is 1. The number of anilines is 1. The number of hydrogen-bond acceptors (Lipinski definition) is 14. The number of aromatic nitrogens is 4. The third-order valence-electron chi connectivity index (χ3n) is 5.83. The molecule has 7 N–H and O–H groups in total. The van der Waals surface area contributed by atoms with Crippen LogP contribution < -0.4 is 10.3 Å². The summed E-state index contributed by atoms with van der Waals surface area (Å²) in [5, 5.41) is 21.8. The third kappa shape index (κ3) is 6.74. The Morgan fingerprint density at radius 3 is 2.48 bits per heavy atom. The molecule has 1 saturated heterocycles. The van der Waals surface area contributed by atoms with Gasteiger partial charge in [-0.25, -0.2) is 28.6 Å². The van der Waals surface area contributed by atoms with Crippen molar-refractivity contribution in [3.63, 3.8) is 0 Å². The molecule has 2 aromatic carbocycles. The van der Waals surface area contributed by atoms with Crippen LogP contribution in [0.4, 0.5) is 5.82 Å². The molecule has 4 aromatic rings. The molecule has 3 unspecified atom stereocenters. The molecule has 18 nitrogen and oxygen atoms in total. The van der Waals surface area contributed by atoms with Crippen molar-refractivity contribution < 1.29 is 61.0 Å². The van der Waals surface area contributed by atoms with Crippen LogP contribution in [0.2, 0.25) is 0 Å². The predicted octanol–water partition coefficient (Wildman–Crippen LogP) is 2.37. The lowest BCUT2D eigenvalue weighted by Gasteiger charge is -2.20. The van der Waals surface area contributed by atoms with E-state index in [4.69, 9.17) is 15.0 Å². The Morgan fingerprint density at radius 1 is 0.976 bits per heavy atom. The predicted molar refractivity (Wildman–Crippen MR) is 146 cm³/mol. The lowest BCUT2D eigenvalue weighted by molar-refractivity contribution is -0.0503. The molecule has 0 bridgehead atoms. The van der Waals surface area contributed by atoms with Crippen LogP contribution in [-0.4, -0.2) is 69.3 Å². The zero-order valence-electron chi connectivity index (χ0n) is 20.7. The highest BCUT2D eigenvalue weighted by Gasteiger charge is 2.47. The first-order chi connectivity index (χ1) is 19.6. The Balaban J connectivity index is 1.22. The summed E-state index contributed by atoms with van der Waals surface area (Å²) in [7, 11) is -16.7. The van der Waals surface area contributed by atoms with Crippen LogP contribution in [0, 0.1) is 0 Å². The highest BCUT2D eigenvalue weighted by atomic mass is 79.9. The molecule has 5 rings (SSSR count). The molecule has 1 fully saturated rings. The van der Waals surface area contributed by atoms with E-state index in [0.29, 0.717) is 15.2 Å². The van der Waals surface area contributed by atoms with Gasteiger partial charge in [0.2, 0.25) is 0 Å². The van der Waals surface area contributed by atoms with E-state index < -0.39 is 54.6 Å². The molecule has 0 spiro atoms. The summed E-state index contributed by atoms with van der Waals surface area (Å²) < 4.78 is 62.5. The first-order valence-corrected chi connectivity index (χ1v) is 16.8. The smallest absolute Gasteiger partial charge is 0.403 e. The summed E-state index contributed by atoms with van der Waals surface area (Å²) in [6.45, 7) is -0.953. The van der Waals surface area contributed by atoms with Crippen molar-refractivity contribution in [3.8, 4) is 5.75 Å². The monoisotopic (exact) mass is 711 g/mol. The molecule has 0 saturated carbocycles. The minimum atomic E-state index is -5.79. The Labute approximate surface area is 243 Å². The fourth-order valence-corrected chi connectivity index (χ4v) is 7.98. The van der Waals surface area contributed by atoms with Crippen LogP contribution in [0.1, 0.15) is 6.23 Å². The highest BCUT2D eigenvalue weighted by Crippen LogP contribution is 2.67. The lowest BCUT2D eigenvalue weighted by Crippen LogP contribution is -2.33. The first-order valence-electron chi connectivity index (χ1n) is 11.5. The number of aliphatic hydroxyl groups is 2. The lowest BCUT2D eigenvalue weighted by atomic mass is 10.1. The molecule has 226 valence electrons. The summed E-state index contributed by atoms with van der Waals surface area (Å²) in [5.74, 6) is -0.154. The average molecular weight is 712 g/mol. The van der Waals surface area contributed by atoms with Crippen LogP contribution in [0.3, 0.4) is 0 Å². The van der Waals surface area contributed by atoms with E-state index in [1.165, 1.54) is 23.0 Å².